The van der Waals surface area contributed by atoms with Crippen molar-refractivity contribution in [3.63, 3.8) is 0 Å². The fraction of sp³-hybridized carbons (Fsp3) is 0.481. The summed E-state index contributed by atoms with van der Waals surface area (Å²) in [5, 5.41) is 13.6. The van der Waals surface area contributed by atoms with Crippen molar-refractivity contribution >= 4 is 11.8 Å². The quantitative estimate of drug-likeness (QED) is 0.484. The SMILES string of the molecule is COc1cc(C(=O)N2CC(O)C[C@@H]2c2cccc(C(=O)NC3CCOCC3)c2)ccc1C1CNNC1. The zero-order chi connectivity index (χ0) is 25.1. The molecule has 5 rings (SSSR count). The van der Waals surface area contributed by atoms with Crippen molar-refractivity contribution in [1.29, 1.82) is 0 Å². The molecule has 4 N–H and O–H groups in total. The summed E-state index contributed by atoms with van der Waals surface area (Å²) < 4.78 is 11.0. The van der Waals surface area contributed by atoms with E-state index in [2.05, 4.69) is 16.2 Å². The minimum absolute atomic E-state index is 0.107. The minimum Gasteiger partial charge on any atom is -0.496 e. The van der Waals surface area contributed by atoms with Gasteiger partial charge in [-0.25, -0.2) is 0 Å². The summed E-state index contributed by atoms with van der Waals surface area (Å²) in [6, 6.07) is 12.7. The third-order valence-electron chi connectivity index (χ3n) is 7.37. The van der Waals surface area contributed by atoms with E-state index in [0.29, 0.717) is 36.5 Å². The van der Waals surface area contributed by atoms with Crippen molar-refractivity contribution in [3.05, 3.63) is 64.7 Å². The Labute approximate surface area is 211 Å². The number of aliphatic hydroxyl groups excluding tert-OH is 1. The molecule has 0 aliphatic carbocycles. The zero-order valence-electron chi connectivity index (χ0n) is 20.5. The molecule has 0 bridgehead atoms. The topological polar surface area (TPSA) is 112 Å². The molecule has 0 radical (unpaired) electrons. The van der Waals surface area contributed by atoms with Gasteiger partial charge in [0.05, 0.1) is 19.3 Å². The van der Waals surface area contributed by atoms with E-state index in [4.69, 9.17) is 9.47 Å². The molecule has 3 heterocycles. The second-order valence-electron chi connectivity index (χ2n) is 9.76. The molecule has 0 saturated carbocycles. The number of carbonyl (C=O) groups excluding carboxylic acids is 2. The first-order valence-electron chi connectivity index (χ1n) is 12.6. The fourth-order valence-electron chi connectivity index (χ4n) is 5.38. The van der Waals surface area contributed by atoms with Gasteiger partial charge in [0.1, 0.15) is 5.75 Å². The standard InChI is InChI=1S/C27H34N4O5/c1-35-25-12-19(5-6-23(25)20-14-28-29-15-20)27(34)31-16-22(32)13-24(31)17-3-2-4-18(11-17)26(33)30-21-7-9-36-10-8-21/h2-6,11-12,20-22,24,28-29,32H,7-10,13-16H2,1H3,(H,30,33)/t22?,24-/m1/s1. The van der Waals surface area contributed by atoms with Crippen LogP contribution in [0.25, 0.3) is 0 Å². The number of amides is 2. The second-order valence-corrected chi connectivity index (χ2v) is 9.76. The molecule has 2 aromatic carbocycles. The van der Waals surface area contributed by atoms with Crippen molar-refractivity contribution in [3.8, 4) is 5.75 Å². The molecule has 1 unspecified atom stereocenters. The lowest BCUT2D eigenvalue weighted by molar-refractivity contribution is 0.0696. The molecular weight excluding hydrogens is 460 g/mol. The average Bonchev–Trinajstić information content (AvgIpc) is 3.59. The highest BCUT2D eigenvalue weighted by molar-refractivity contribution is 5.96. The first kappa shape index (κ1) is 24.7. The maximum Gasteiger partial charge on any atom is 0.254 e. The number of rotatable bonds is 6. The molecule has 9 nitrogen and oxygen atoms in total. The Morgan fingerprint density at radius 3 is 2.61 bits per heavy atom. The monoisotopic (exact) mass is 494 g/mol. The number of β-amino-alcohol motifs (C(OH)–C–C–N with tert-alkyl or cyclic N) is 1. The van der Waals surface area contributed by atoms with Gasteiger partial charge in [-0.15, -0.1) is 0 Å². The Bertz CT molecular complexity index is 1100. The summed E-state index contributed by atoms with van der Waals surface area (Å²) >= 11 is 0. The van der Waals surface area contributed by atoms with Crippen LogP contribution in [0.3, 0.4) is 0 Å². The molecule has 0 aromatic heterocycles. The Kier molecular flexibility index (Phi) is 7.52. The molecular formula is C27H34N4O5. The van der Waals surface area contributed by atoms with E-state index >= 15 is 0 Å². The highest BCUT2D eigenvalue weighted by Crippen LogP contribution is 2.35. The van der Waals surface area contributed by atoms with Gasteiger partial charge in [0.15, 0.2) is 0 Å². The van der Waals surface area contributed by atoms with E-state index in [0.717, 1.165) is 37.1 Å². The minimum atomic E-state index is -0.629. The zero-order valence-corrected chi connectivity index (χ0v) is 20.5. The van der Waals surface area contributed by atoms with Crippen molar-refractivity contribution in [1.82, 2.24) is 21.1 Å². The average molecular weight is 495 g/mol. The number of methoxy groups -OCH3 is 1. The number of likely N-dealkylation sites (tertiary alicyclic amines) is 1. The van der Waals surface area contributed by atoms with Crippen molar-refractivity contribution in [2.45, 2.75) is 43.4 Å². The number of benzene rings is 2. The van der Waals surface area contributed by atoms with Gasteiger partial charge in [0.2, 0.25) is 0 Å². The van der Waals surface area contributed by atoms with E-state index in [-0.39, 0.29) is 36.4 Å². The second kappa shape index (κ2) is 11.0. The summed E-state index contributed by atoms with van der Waals surface area (Å²) in [6.45, 7) is 3.14. The third-order valence-corrected chi connectivity index (χ3v) is 7.37. The lowest BCUT2D eigenvalue weighted by Gasteiger charge is -2.26. The molecule has 2 atom stereocenters. The first-order chi connectivity index (χ1) is 17.5. The molecule has 3 fully saturated rings. The normalized spacial score (nSPS) is 23.1. The Hall–Kier alpha value is -2.98. The van der Waals surface area contributed by atoms with Crippen molar-refractivity contribution in [2.75, 3.05) is 40.0 Å². The first-order valence-corrected chi connectivity index (χ1v) is 12.6. The van der Waals surface area contributed by atoms with Crippen LogP contribution in [0.1, 0.15) is 63.1 Å². The van der Waals surface area contributed by atoms with Gasteiger partial charge in [-0.3, -0.25) is 20.4 Å². The van der Waals surface area contributed by atoms with Gasteiger partial charge >= 0.3 is 0 Å². The van der Waals surface area contributed by atoms with Crippen LogP contribution >= 0.6 is 0 Å². The maximum absolute atomic E-state index is 13.6. The van der Waals surface area contributed by atoms with Gasteiger partial charge in [0, 0.05) is 55.9 Å². The highest BCUT2D eigenvalue weighted by atomic mass is 16.5. The van der Waals surface area contributed by atoms with E-state index in [9.17, 15) is 14.7 Å². The summed E-state index contributed by atoms with van der Waals surface area (Å²) in [5.41, 5.74) is 9.21. The number of carbonyl (C=O) groups is 2. The summed E-state index contributed by atoms with van der Waals surface area (Å²) in [5.74, 6) is 0.650. The molecule has 192 valence electrons. The van der Waals surface area contributed by atoms with Gasteiger partial charge in [-0.1, -0.05) is 18.2 Å². The Balaban J connectivity index is 1.35. The number of nitrogens with zero attached hydrogens (tertiary/aromatic N) is 1. The molecule has 3 aliphatic heterocycles. The number of hydrazine groups is 1. The molecule has 3 saturated heterocycles. The summed E-state index contributed by atoms with van der Waals surface area (Å²) in [4.78, 5) is 28.2. The Morgan fingerprint density at radius 2 is 1.86 bits per heavy atom. The summed E-state index contributed by atoms with van der Waals surface area (Å²) in [7, 11) is 1.61. The van der Waals surface area contributed by atoms with Crippen LogP contribution in [0.15, 0.2) is 42.5 Å². The number of hydrogen-bond acceptors (Lipinski definition) is 7. The van der Waals surface area contributed by atoms with Crippen LogP contribution < -0.4 is 20.9 Å². The van der Waals surface area contributed by atoms with Gasteiger partial charge in [0.25, 0.3) is 11.8 Å². The van der Waals surface area contributed by atoms with Gasteiger partial charge < -0.3 is 24.8 Å². The fourth-order valence-corrected chi connectivity index (χ4v) is 5.38. The smallest absolute Gasteiger partial charge is 0.254 e. The number of nitrogens with one attached hydrogen (secondary N) is 3. The molecule has 2 amide bonds. The van der Waals surface area contributed by atoms with Gasteiger partial charge in [-0.2, -0.15) is 0 Å². The van der Waals surface area contributed by atoms with Crippen LogP contribution in [0.5, 0.6) is 5.75 Å². The van der Waals surface area contributed by atoms with Crippen LogP contribution in [-0.4, -0.2) is 73.9 Å². The third kappa shape index (κ3) is 5.24. The number of ether oxygens (including phenoxy) is 2. The van der Waals surface area contributed by atoms with Crippen LogP contribution in [-0.2, 0) is 4.74 Å². The van der Waals surface area contributed by atoms with Crippen LogP contribution in [0.4, 0.5) is 0 Å². The van der Waals surface area contributed by atoms with E-state index in [1.54, 1.807) is 24.1 Å². The lowest BCUT2D eigenvalue weighted by Crippen LogP contribution is -2.39. The largest absolute Gasteiger partial charge is 0.496 e. The van der Waals surface area contributed by atoms with Crippen molar-refractivity contribution in [2.24, 2.45) is 0 Å². The lowest BCUT2D eigenvalue weighted by atomic mass is 9.97. The highest BCUT2D eigenvalue weighted by Gasteiger charge is 2.36. The number of hydrogen-bond donors (Lipinski definition) is 4. The molecule has 36 heavy (non-hydrogen) atoms. The van der Waals surface area contributed by atoms with E-state index < -0.39 is 6.10 Å². The molecule has 9 heteroatoms. The van der Waals surface area contributed by atoms with E-state index in [1.807, 2.05) is 30.3 Å². The predicted molar refractivity (Wildman–Crippen MR) is 134 cm³/mol. The number of aliphatic hydroxyl groups is 1. The summed E-state index contributed by atoms with van der Waals surface area (Å²) in [6.07, 6.45) is 1.40. The van der Waals surface area contributed by atoms with Crippen molar-refractivity contribution < 1.29 is 24.2 Å². The predicted octanol–water partition coefficient (Wildman–Crippen LogP) is 1.74. The van der Waals surface area contributed by atoms with Crippen LogP contribution in [0, 0.1) is 0 Å². The molecule has 0 spiro atoms. The van der Waals surface area contributed by atoms with Gasteiger partial charge in [-0.05, 0) is 54.7 Å². The molecule has 2 aromatic rings. The van der Waals surface area contributed by atoms with E-state index in [1.165, 1.54) is 0 Å². The van der Waals surface area contributed by atoms with Crippen LogP contribution in [0.2, 0.25) is 0 Å². The molecule has 3 aliphatic rings. The Morgan fingerprint density at radius 1 is 1.08 bits per heavy atom. The maximum atomic E-state index is 13.6.